The van der Waals surface area contributed by atoms with Crippen molar-refractivity contribution in [2.45, 2.75) is 25.7 Å². The summed E-state index contributed by atoms with van der Waals surface area (Å²) in [6.07, 6.45) is 3.29. The van der Waals surface area contributed by atoms with Gasteiger partial charge in [-0.3, -0.25) is 0 Å². The number of ether oxygens (including phenoxy) is 1. The maximum absolute atomic E-state index is 11.1. The molecule has 1 aliphatic carbocycles. The molecule has 0 atom stereocenters. The van der Waals surface area contributed by atoms with E-state index in [1.807, 2.05) is 24.3 Å². The van der Waals surface area contributed by atoms with Crippen LogP contribution in [0, 0.1) is 0 Å². The third-order valence-corrected chi connectivity index (χ3v) is 6.09. The van der Waals surface area contributed by atoms with Gasteiger partial charge in [-0.25, -0.2) is 4.79 Å². The molecule has 0 aliphatic heterocycles. The number of benzene rings is 3. The average Bonchev–Trinajstić information content (AvgIpc) is 2.78. The van der Waals surface area contributed by atoms with Crippen LogP contribution in [0.5, 0.6) is 5.75 Å². The Hall–Kier alpha value is -3.59. The van der Waals surface area contributed by atoms with Crippen molar-refractivity contribution >= 4 is 17.1 Å². The predicted octanol–water partition coefficient (Wildman–Crippen LogP) is 6.57. The Balaban J connectivity index is 1.76. The molecular formula is C28H26O3. The van der Waals surface area contributed by atoms with Crippen molar-refractivity contribution in [3.63, 3.8) is 0 Å². The maximum Gasteiger partial charge on any atom is 0.335 e. The van der Waals surface area contributed by atoms with E-state index in [0.29, 0.717) is 0 Å². The van der Waals surface area contributed by atoms with Crippen molar-refractivity contribution in [2.24, 2.45) is 0 Å². The second-order valence-corrected chi connectivity index (χ2v) is 8.56. The number of allylic oxidation sites excluding steroid dienone is 1. The van der Waals surface area contributed by atoms with E-state index < -0.39 is 5.97 Å². The Morgan fingerprint density at radius 2 is 1.55 bits per heavy atom. The normalized spacial score (nSPS) is 14.4. The van der Waals surface area contributed by atoms with Crippen LogP contribution in [0.2, 0.25) is 0 Å². The first-order chi connectivity index (χ1) is 14.8. The minimum atomic E-state index is -0.928. The quantitative estimate of drug-likeness (QED) is 0.517. The summed E-state index contributed by atoms with van der Waals surface area (Å²) < 4.78 is 5.31. The Morgan fingerprint density at radius 1 is 0.935 bits per heavy atom. The molecule has 0 fully saturated rings. The first kappa shape index (κ1) is 20.7. The van der Waals surface area contributed by atoms with E-state index in [2.05, 4.69) is 56.8 Å². The molecule has 0 bridgehead atoms. The lowest BCUT2D eigenvalue weighted by Gasteiger charge is -2.33. The third-order valence-electron chi connectivity index (χ3n) is 6.09. The molecule has 31 heavy (non-hydrogen) atoms. The van der Waals surface area contributed by atoms with Crippen LogP contribution in [0.3, 0.4) is 0 Å². The summed E-state index contributed by atoms with van der Waals surface area (Å²) in [5.74, 6) is -0.0879. The number of aromatic carboxylic acids is 1. The minimum absolute atomic E-state index is 0.0499. The van der Waals surface area contributed by atoms with Gasteiger partial charge in [-0.1, -0.05) is 62.9 Å². The second-order valence-electron chi connectivity index (χ2n) is 8.56. The average molecular weight is 411 g/mol. The van der Waals surface area contributed by atoms with Gasteiger partial charge in [-0.15, -0.1) is 0 Å². The summed E-state index contributed by atoms with van der Waals surface area (Å²) in [7, 11) is 1.67. The minimum Gasteiger partial charge on any atom is -0.497 e. The highest BCUT2D eigenvalue weighted by Gasteiger charge is 2.29. The fourth-order valence-corrected chi connectivity index (χ4v) is 4.15. The van der Waals surface area contributed by atoms with Crippen LogP contribution in [0.15, 0.2) is 79.4 Å². The van der Waals surface area contributed by atoms with Crippen LogP contribution in [0.1, 0.15) is 58.4 Å². The molecule has 0 saturated heterocycles. The van der Waals surface area contributed by atoms with Crippen molar-refractivity contribution in [2.75, 3.05) is 7.11 Å². The van der Waals surface area contributed by atoms with Gasteiger partial charge in [0, 0.05) is 0 Å². The zero-order chi connectivity index (χ0) is 22.2. The van der Waals surface area contributed by atoms with Crippen LogP contribution in [0.25, 0.3) is 11.1 Å². The van der Waals surface area contributed by atoms with E-state index in [9.17, 15) is 4.79 Å². The van der Waals surface area contributed by atoms with E-state index in [4.69, 9.17) is 9.84 Å². The molecule has 4 rings (SSSR count). The van der Waals surface area contributed by atoms with Crippen LogP contribution >= 0.6 is 0 Å². The molecule has 0 radical (unpaired) electrons. The summed E-state index contributed by atoms with van der Waals surface area (Å²) in [5, 5.41) is 9.15. The van der Waals surface area contributed by atoms with Gasteiger partial charge in [0.25, 0.3) is 0 Å². The fourth-order valence-electron chi connectivity index (χ4n) is 4.15. The first-order valence-electron chi connectivity index (χ1n) is 10.3. The molecule has 3 aromatic rings. The van der Waals surface area contributed by atoms with Gasteiger partial charge in [-0.05, 0) is 81.1 Å². The highest BCUT2D eigenvalue weighted by atomic mass is 16.5. The van der Waals surface area contributed by atoms with E-state index in [1.54, 1.807) is 19.2 Å². The number of carboxylic acids is 1. The van der Waals surface area contributed by atoms with Crippen LogP contribution in [0.4, 0.5) is 0 Å². The summed E-state index contributed by atoms with van der Waals surface area (Å²) in [6.45, 7) is 8.83. The first-order valence-corrected chi connectivity index (χ1v) is 10.3. The summed E-state index contributed by atoms with van der Waals surface area (Å²) in [4.78, 5) is 11.1. The number of fused-ring (bicyclic) bond motifs is 1. The monoisotopic (exact) mass is 410 g/mol. The van der Waals surface area contributed by atoms with Gasteiger partial charge >= 0.3 is 5.97 Å². The Bertz CT molecular complexity index is 1180. The largest absolute Gasteiger partial charge is 0.497 e. The Labute approximate surface area is 183 Å². The molecule has 0 spiro atoms. The van der Waals surface area contributed by atoms with Crippen LogP contribution < -0.4 is 4.74 Å². The molecule has 0 unspecified atom stereocenters. The van der Waals surface area contributed by atoms with Gasteiger partial charge < -0.3 is 9.84 Å². The zero-order valence-electron chi connectivity index (χ0n) is 18.1. The van der Waals surface area contributed by atoms with Crippen molar-refractivity contribution in [3.8, 4) is 5.75 Å². The molecule has 0 aromatic heterocycles. The summed E-state index contributed by atoms with van der Waals surface area (Å²) >= 11 is 0. The zero-order valence-corrected chi connectivity index (χ0v) is 18.1. The molecule has 0 heterocycles. The lowest BCUT2D eigenvalue weighted by atomic mass is 9.71. The topological polar surface area (TPSA) is 46.5 Å². The second kappa shape index (κ2) is 7.92. The number of methoxy groups -OCH3 is 1. The van der Waals surface area contributed by atoms with Gasteiger partial charge in [0.1, 0.15) is 5.75 Å². The van der Waals surface area contributed by atoms with Crippen molar-refractivity contribution in [1.82, 2.24) is 0 Å². The molecule has 0 saturated carbocycles. The SMILES string of the molecule is C=C(c1ccc(C(=O)O)cc1)c1ccc2c(c1)C(c1ccc(OC)cc1)=CCC2(C)C. The molecular weight excluding hydrogens is 384 g/mol. The molecule has 156 valence electrons. The standard InChI is InChI=1S/C28H26O3/c1-18(19-5-7-21(8-6-19)27(29)30)22-11-14-26-25(17-22)24(15-16-28(26,2)3)20-9-12-23(31-4)13-10-20/h5-15,17H,1,16H2,2-4H3,(H,29,30). The smallest absolute Gasteiger partial charge is 0.335 e. The van der Waals surface area contributed by atoms with E-state index in [1.165, 1.54) is 16.7 Å². The van der Waals surface area contributed by atoms with Crippen molar-refractivity contribution in [3.05, 3.63) is 113 Å². The number of hydrogen-bond acceptors (Lipinski definition) is 2. The van der Waals surface area contributed by atoms with Gasteiger partial charge in [0.2, 0.25) is 0 Å². The van der Waals surface area contributed by atoms with Gasteiger partial charge in [0.05, 0.1) is 12.7 Å². The number of rotatable bonds is 5. The van der Waals surface area contributed by atoms with Crippen molar-refractivity contribution < 1.29 is 14.6 Å². The molecule has 3 aromatic carbocycles. The molecule has 1 aliphatic rings. The van der Waals surface area contributed by atoms with Crippen LogP contribution in [-0.4, -0.2) is 18.2 Å². The van der Waals surface area contributed by atoms with E-state index in [0.717, 1.165) is 34.4 Å². The highest BCUT2D eigenvalue weighted by Crippen LogP contribution is 2.42. The molecule has 3 heteroatoms. The van der Waals surface area contributed by atoms with E-state index >= 15 is 0 Å². The molecule has 3 nitrogen and oxygen atoms in total. The number of hydrogen-bond donors (Lipinski definition) is 1. The van der Waals surface area contributed by atoms with E-state index in [-0.39, 0.29) is 11.0 Å². The summed E-state index contributed by atoms with van der Waals surface area (Å²) in [6, 6.07) is 21.6. The highest BCUT2D eigenvalue weighted by molar-refractivity contribution is 5.90. The maximum atomic E-state index is 11.1. The van der Waals surface area contributed by atoms with Gasteiger partial charge in [0.15, 0.2) is 0 Å². The third kappa shape index (κ3) is 3.91. The number of carboxylic acid groups (broad SMARTS) is 1. The van der Waals surface area contributed by atoms with Crippen LogP contribution in [-0.2, 0) is 5.41 Å². The van der Waals surface area contributed by atoms with Gasteiger partial charge in [-0.2, -0.15) is 0 Å². The summed E-state index contributed by atoms with van der Waals surface area (Å²) in [5.41, 5.74) is 8.04. The fraction of sp³-hybridized carbons (Fsp3) is 0.179. The lowest BCUT2D eigenvalue weighted by Crippen LogP contribution is -2.22. The lowest BCUT2D eigenvalue weighted by molar-refractivity contribution is 0.0697. The molecule has 0 amide bonds. The predicted molar refractivity (Wildman–Crippen MR) is 126 cm³/mol. The van der Waals surface area contributed by atoms with Crippen molar-refractivity contribution in [1.29, 1.82) is 0 Å². The number of carbonyl (C=O) groups is 1. The Kier molecular flexibility index (Phi) is 5.28. The molecule has 1 N–H and O–H groups in total. The Morgan fingerprint density at radius 3 is 2.16 bits per heavy atom.